The van der Waals surface area contributed by atoms with Crippen LogP contribution in [0.4, 0.5) is 4.39 Å². The van der Waals surface area contributed by atoms with E-state index in [0.29, 0.717) is 25.9 Å². The van der Waals surface area contributed by atoms with Gasteiger partial charge >= 0.3 is 0 Å². The van der Waals surface area contributed by atoms with E-state index in [1.165, 1.54) is 12.1 Å². The molecule has 10 heteroatoms. The first kappa shape index (κ1) is 20.1. The van der Waals surface area contributed by atoms with Crippen molar-refractivity contribution in [1.29, 1.82) is 0 Å². The molecule has 0 bridgehead atoms. The lowest BCUT2D eigenvalue weighted by Gasteiger charge is -2.30. The summed E-state index contributed by atoms with van der Waals surface area (Å²) in [5.41, 5.74) is 5.30. The van der Waals surface area contributed by atoms with E-state index < -0.39 is 11.9 Å². The second kappa shape index (κ2) is 9.05. The van der Waals surface area contributed by atoms with Crippen LogP contribution >= 0.6 is 11.8 Å². The summed E-state index contributed by atoms with van der Waals surface area (Å²) in [6.07, 6.45) is 0.533. The van der Waals surface area contributed by atoms with Gasteiger partial charge in [-0.1, -0.05) is 23.9 Å². The molecule has 3 rings (SSSR count). The number of carbonyl (C=O) groups excluding carboxylic acids is 2. The third kappa shape index (κ3) is 5.00. The van der Waals surface area contributed by atoms with E-state index in [4.69, 9.17) is 14.9 Å². The van der Waals surface area contributed by atoms with Gasteiger partial charge in [0.05, 0.1) is 5.75 Å². The SMILES string of the molecule is C[C@@H](Oc1ccccc1F)c1nnc(SCC(=O)N2CCC(C(N)=O)CC2)o1. The fraction of sp³-hybridized carbons (Fsp3) is 0.444. The van der Waals surface area contributed by atoms with Crippen LogP contribution in [0.5, 0.6) is 5.75 Å². The number of carbonyl (C=O) groups is 2. The molecule has 0 unspecified atom stereocenters. The molecule has 8 nitrogen and oxygen atoms in total. The summed E-state index contributed by atoms with van der Waals surface area (Å²) in [7, 11) is 0. The first-order valence-corrected chi connectivity index (χ1v) is 9.87. The van der Waals surface area contributed by atoms with Gasteiger partial charge in [-0.05, 0) is 31.9 Å². The van der Waals surface area contributed by atoms with Crippen LogP contribution in [-0.2, 0) is 9.59 Å². The zero-order valence-electron chi connectivity index (χ0n) is 15.3. The molecule has 1 fully saturated rings. The fourth-order valence-corrected chi connectivity index (χ4v) is 3.52. The number of halogens is 1. The van der Waals surface area contributed by atoms with Gasteiger partial charge in [-0.25, -0.2) is 4.39 Å². The quantitative estimate of drug-likeness (QED) is 0.699. The van der Waals surface area contributed by atoms with Crippen LogP contribution in [0.15, 0.2) is 33.9 Å². The second-order valence-corrected chi connectivity index (χ2v) is 7.37. The molecule has 150 valence electrons. The Hall–Kier alpha value is -2.62. The van der Waals surface area contributed by atoms with Gasteiger partial charge < -0.3 is 19.8 Å². The Morgan fingerprint density at radius 3 is 2.75 bits per heavy atom. The number of hydrogen-bond acceptors (Lipinski definition) is 7. The minimum Gasteiger partial charge on any atom is -0.478 e. The monoisotopic (exact) mass is 408 g/mol. The third-order valence-corrected chi connectivity index (χ3v) is 5.28. The van der Waals surface area contributed by atoms with Crippen molar-refractivity contribution in [2.45, 2.75) is 31.1 Å². The molecule has 0 saturated carbocycles. The van der Waals surface area contributed by atoms with Gasteiger partial charge in [0.25, 0.3) is 11.1 Å². The Labute approximate surface area is 165 Å². The summed E-state index contributed by atoms with van der Waals surface area (Å²) in [6, 6.07) is 6.05. The van der Waals surface area contributed by atoms with E-state index in [0.717, 1.165) is 11.8 Å². The third-order valence-electron chi connectivity index (χ3n) is 4.48. The zero-order chi connectivity index (χ0) is 20.1. The van der Waals surface area contributed by atoms with Crippen molar-refractivity contribution in [3.8, 4) is 5.75 Å². The highest BCUT2D eigenvalue weighted by Gasteiger charge is 2.26. The van der Waals surface area contributed by atoms with Crippen molar-refractivity contribution in [2.24, 2.45) is 11.7 Å². The van der Waals surface area contributed by atoms with E-state index in [1.54, 1.807) is 24.0 Å². The minimum absolute atomic E-state index is 0.0664. The predicted octanol–water partition coefficient (Wildman–Crippen LogP) is 2.16. The second-order valence-electron chi connectivity index (χ2n) is 6.44. The Bertz CT molecular complexity index is 838. The van der Waals surface area contributed by atoms with Gasteiger partial charge in [0.15, 0.2) is 17.7 Å². The molecule has 2 N–H and O–H groups in total. The molecule has 2 amide bonds. The Balaban J connectivity index is 1.49. The number of amides is 2. The first-order valence-electron chi connectivity index (χ1n) is 8.88. The van der Waals surface area contributed by atoms with Gasteiger partial charge in [-0.2, -0.15) is 0 Å². The van der Waals surface area contributed by atoms with Crippen LogP contribution in [-0.4, -0.2) is 45.8 Å². The number of likely N-dealkylation sites (tertiary alicyclic amines) is 1. The summed E-state index contributed by atoms with van der Waals surface area (Å²) in [5, 5.41) is 8.03. The van der Waals surface area contributed by atoms with E-state index in [-0.39, 0.29) is 40.3 Å². The fourth-order valence-electron chi connectivity index (χ4n) is 2.85. The summed E-state index contributed by atoms with van der Waals surface area (Å²) in [5.74, 6) is -0.585. The lowest BCUT2D eigenvalue weighted by atomic mass is 9.96. The number of piperidine rings is 1. The number of para-hydroxylation sites is 1. The van der Waals surface area contributed by atoms with Gasteiger partial charge in [-0.3, -0.25) is 9.59 Å². The number of thioether (sulfide) groups is 1. The maximum Gasteiger partial charge on any atom is 0.277 e. The molecular formula is C18H21FN4O4S. The Kier molecular flexibility index (Phi) is 6.50. The van der Waals surface area contributed by atoms with Crippen LogP contribution in [0.1, 0.15) is 31.8 Å². The largest absolute Gasteiger partial charge is 0.478 e. The number of primary amides is 1. The number of nitrogens with two attached hydrogens (primary N) is 1. The maximum atomic E-state index is 13.7. The normalized spacial score (nSPS) is 16.0. The topological polar surface area (TPSA) is 112 Å². The van der Waals surface area contributed by atoms with Crippen LogP contribution in [0.25, 0.3) is 0 Å². The maximum absolute atomic E-state index is 13.7. The molecule has 2 aromatic rings. The number of rotatable bonds is 7. The van der Waals surface area contributed by atoms with Gasteiger partial charge in [0.2, 0.25) is 11.8 Å². The average Bonchev–Trinajstić information content (AvgIpc) is 3.17. The van der Waals surface area contributed by atoms with Gasteiger partial charge in [0, 0.05) is 19.0 Å². The van der Waals surface area contributed by atoms with Gasteiger partial charge in [-0.15, -0.1) is 10.2 Å². The molecule has 1 atom stereocenters. The van der Waals surface area contributed by atoms with Crippen molar-refractivity contribution in [2.75, 3.05) is 18.8 Å². The summed E-state index contributed by atoms with van der Waals surface area (Å²) in [4.78, 5) is 25.2. The number of nitrogens with zero attached hydrogens (tertiary/aromatic N) is 3. The molecular weight excluding hydrogens is 387 g/mol. The first-order chi connectivity index (χ1) is 13.4. The molecule has 28 heavy (non-hydrogen) atoms. The molecule has 0 aliphatic carbocycles. The minimum atomic E-state index is -0.637. The zero-order valence-corrected chi connectivity index (χ0v) is 16.2. The molecule has 0 spiro atoms. The Morgan fingerprint density at radius 1 is 1.36 bits per heavy atom. The molecule has 0 radical (unpaired) electrons. The van der Waals surface area contributed by atoms with E-state index >= 15 is 0 Å². The highest BCUT2D eigenvalue weighted by Crippen LogP contribution is 2.26. The van der Waals surface area contributed by atoms with Crippen molar-refractivity contribution < 1.29 is 23.1 Å². The van der Waals surface area contributed by atoms with Crippen molar-refractivity contribution in [1.82, 2.24) is 15.1 Å². The molecule has 1 aromatic heterocycles. The van der Waals surface area contributed by atoms with Crippen LogP contribution in [0, 0.1) is 11.7 Å². The standard InChI is InChI=1S/C18H21FN4O4S/c1-11(26-14-5-3-2-4-13(14)19)17-21-22-18(27-17)28-10-15(24)23-8-6-12(7-9-23)16(20)25/h2-5,11-12H,6-10H2,1H3,(H2,20,25)/t11-/m1/s1. The summed E-state index contributed by atoms with van der Waals surface area (Å²) in [6.45, 7) is 2.69. The van der Waals surface area contributed by atoms with Gasteiger partial charge in [0.1, 0.15) is 0 Å². The smallest absolute Gasteiger partial charge is 0.277 e. The van der Waals surface area contributed by atoms with Crippen LogP contribution < -0.4 is 10.5 Å². The van der Waals surface area contributed by atoms with Crippen molar-refractivity contribution in [3.05, 3.63) is 36.0 Å². The predicted molar refractivity (Wildman–Crippen MR) is 99.0 cm³/mol. The van der Waals surface area contributed by atoms with Crippen LogP contribution in [0.2, 0.25) is 0 Å². The number of aromatic nitrogens is 2. The van der Waals surface area contributed by atoms with E-state index in [2.05, 4.69) is 10.2 Å². The Morgan fingerprint density at radius 2 is 2.07 bits per heavy atom. The molecule has 1 aliphatic rings. The van der Waals surface area contributed by atoms with Crippen molar-refractivity contribution >= 4 is 23.6 Å². The summed E-state index contributed by atoms with van der Waals surface area (Å²) < 4.78 is 24.7. The summed E-state index contributed by atoms with van der Waals surface area (Å²) >= 11 is 1.12. The van der Waals surface area contributed by atoms with E-state index in [1.807, 2.05) is 0 Å². The lowest BCUT2D eigenvalue weighted by Crippen LogP contribution is -2.42. The van der Waals surface area contributed by atoms with Crippen molar-refractivity contribution in [3.63, 3.8) is 0 Å². The lowest BCUT2D eigenvalue weighted by molar-refractivity contribution is -0.132. The highest BCUT2D eigenvalue weighted by atomic mass is 32.2. The molecule has 1 aliphatic heterocycles. The number of benzene rings is 1. The van der Waals surface area contributed by atoms with E-state index in [9.17, 15) is 14.0 Å². The highest BCUT2D eigenvalue weighted by molar-refractivity contribution is 7.99. The molecule has 1 aromatic carbocycles. The number of ether oxygens (including phenoxy) is 1. The number of hydrogen-bond donors (Lipinski definition) is 1. The molecule has 1 saturated heterocycles. The molecule has 2 heterocycles. The average molecular weight is 408 g/mol. The van der Waals surface area contributed by atoms with Crippen LogP contribution in [0.3, 0.4) is 0 Å².